The predicted octanol–water partition coefficient (Wildman–Crippen LogP) is -0.0635. The van der Waals surface area contributed by atoms with Crippen LogP contribution in [0.3, 0.4) is 0 Å². The van der Waals surface area contributed by atoms with Crippen LogP contribution >= 0.6 is 0 Å². The molecular formula is C13H25N7. The molecule has 1 aliphatic rings. The second kappa shape index (κ2) is 6.32. The van der Waals surface area contributed by atoms with Crippen LogP contribution in [0.15, 0.2) is 0 Å². The van der Waals surface area contributed by atoms with E-state index in [1.54, 1.807) is 0 Å². The van der Waals surface area contributed by atoms with E-state index in [-0.39, 0.29) is 5.95 Å². The molecule has 0 saturated carbocycles. The third-order valence-electron chi connectivity index (χ3n) is 3.95. The van der Waals surface area contributed by atoms with Gasteiger partial charge < -0.3 is 16.4 Å². The van der Waals surface area contributed by atoms with E-state index in [1.165, 1.54) is 6.42 Å². The number of nitrogens with two attached hydrogens (primary N) is 2. The van der Waals surface area contributed by atoms with Crippen molar-refractivity contribution in [2.45, 2.75) is 19.9 Å². The second-order valence-corrected chi connectivity index (χ2v) is 5.80. The fourth-order valence-electron chi connectivity index (χ4n) is 2.57. The minimum absolute atomic E-state index is 0.277. The van der Waals surface area contributed by atoms with E-state index in [1.807, 2.05) is 19.0 Å². The Kier molecular flexibility index (Phi) is 4.72. The van der Waals surface area contributed by atoms with Crippen LogP contribution in [0.1, 0.15) is 19.2 Å². The van der Waals surface area contributed by atoms with Gasteiger partial charge in [0.1, 0.15) is 5.82 Å². The van der Waals surface area contributed by atoms with Gasteiger partial charge in [-0.3, -0.25) is 4.90 Å². The molecule has 4 N–H and O–H groups in total. The maximum atomic E-state index is 5.84. The fraction of sp³-hybridized carbons (Fsp3) is 0.769. The zero-order valence-corrected chi connectivity index (χ0v) is 12.6. The molecule has 0 aliphatic carbocycles. The van der Waals surface area contributed by atoms with Crippen LogP contribution in [-0.2, 0) is 6.54 Å². The van der Waals surface area contributed by atoms with Crippen LogP contribution in [0.4, 0.5) is 11.9 Å². The van der Waals surface area contributed by atoms with E-state index in [4.69, 9.17) is 11.5 Å². The summed E-state index contributed by atoms with van der Waals surface area (Å²) in [5.74, 6) is 2.85. The van der Waals surface area contributed by atoms with Crippen molar-refractivity contribution in [1.82, 2.24) is 19.9 Å². The minimum atomic E-state index is 0.277. The smallest absolute Gasteiger partial charge is 0.229 e. The Balaban J connectivity index is 2.06. The number of likely N-dealkylation sites (tertiary alicyclic amines) is 1. The molecule has 1 fully saturated rings. The Morgan fingerprint density at radius 2 is 2.05 bits per heavy atom. The van der Waals surface area contributed by atoms with Crippen molar-refractivity contribution >= 4 is 11.9 Å². The van der Waals surface area contributed by atoms with Crippen molar-refractivity contribution < 1.29 is 0 Å². The van der Waals surface area contributed by atoms with Gasteiger partial charge >= 0.3 is 0 Å². The second-order valence-electron chi connectivity index (χ2n) is 5.80. The zero-order chi connectivity index (χ0) is 14.7. The summed E-state index contributed by atoms with van der Waals surface area (Å²) in [6, 6.07) is 0. The van der Waals surface area contributed by atoms with Gasteiger partial charge in [-0.15, -0.1) is 0 Å². The number of hydrogen-bond donors (Lipinski definition) is 2. The molecule has 0 bridgehead atoms. The molecule has 0 aromatic carbocycles. The number of nitrogens with zero attached hydrogens (tertiary/aromatic N) is 5. The van der Waals surface area contributed by atoms with Crippen molar-refractivity contribution in [3.8, 4) is 0 Å². The predicted molar refractivity (Wildman–Crippen MR) is 80.2 cm³/mol. The van der Waals surface area contributed by atoms with E-state index in [2.05, 4.69) is 26.8 Å². The lowest BCUT2D eigenvalue weighted by atomic mass is 9.87. The SMILES string of the molecule is CC1CCN(Cc2nc(N)nc(N(C)C)n2)CC1CN. The monoisotopic (exact) mass is 279 g/mol. The van der Waals surface area contributed by atoms with Gasteiger partial charge in [-0.1, -0.05) is 6.92 Å². The summed E-state index contributed by atoms with van der Waals surface area (Å²) in [7, 11) is 3.79. The maximum absolute atomic E-state index is 5.84. The van der Waals surface area contributed by atoms with Gasteiger partial charge in [0, 0.05) is 20.6 Å². The molecular weight excluding hydrogens is 254 g/mol. The number of aromatic nitrogens is 3. The summed E-state index contributed by atoms with van der Waals surface area (Å²) in [5.41, 5.74) is 11.6. The lowest BCUT2D eigenvalue weighted by Crippen LogP contribution is -2.42. The first-order valence-electron chi connectivity index (χ1n) is 7.09. The van der Waals surface area contributed by atoms with E-state index < -0.39 is 0 Å². The largest absolute Gasteiger partial charge is 0.368 e. The zero-order valence-electron chi connectivity index (χ0n) is 12.6. The van der Waals surface area contributed by atoms with Crippen molar-refractivity contribution in [1.29, 1.82) is 0 Å². The molecule has 7 nitrogen and oxygen atoms in total. The van der Waals surface area contributed by atoms with Gasteiger partial charge in [0.2, 0.25) is 11.9 Å². The van der Waals surface area contributed by atoms with Crippen molar-refractivity contribution in [3.05, 3.63) is 5.82 Å². The highest BCUT2D eigenvalue weighted by Gasteiger charge is 2.25. The molecule has 20 heavy (non-hydrogen) atoms. The summed E-state index contributed by atoms with van der Waals surface area (Å²) in [6.45, 7) is 5.78. The van der Waals surface area contributed by atoms with Gasteiger partial charge in [0.25, 0.3) is 0 Å². The topological polar surface area (TPSA) is 97.2 Å². The molecule has 1 aliphatic heterocycles. The van der Waals surface area contributed by atoms with Crippen LogP contribution < -0.4 is 16.4 Å². The number of hydrogen-bond acceptors (Lipinski definition) is 7. The van der Waals surface area contributed by atoms with Gasteiger partial charge in [-0.2, -0.15) is 15.0 Å². The molecule has 0 radical (unpaired) electrons. The molecule has 1 aromatic heterocycles. The summed E-state index contributed by atoms with van der Waals surface area (Å²) in [6.07, 6.45) is 1.17. The molecule has 0 spiro atoms. The highest BCUT2D eigenvalue weighted by Crippen LogP contribution is 2.23. The lowest BCUT2D eigenvalue weighted by molar-refractivity contribution is 0.123. The first-order chi connectivity index (χ1) is 9.49. The molecule has 1 saturated heterocycles. The Morgan fingerprint density at radius 1 is 1.30 bits per heavy atom. The quantitative estimate of drug-likeness (QED) is 0.796. The summed E-state index contributed by atoms with van der Waals surface area (Å²) >= 11 is 0. The van der Waals surface area contributed by atoms with Crippen LogP contribution in [0.25, 0.3) is 0 Å². The van der Waals surface area contributed by atoms with Crippen molar-refractivity contribution in [2.24, 2.45) is 17.6 Å². The van der Waals surface area contributed by atoms with E-state index in [9.17, 15) is 0 Å². The molecule has 2 rings (SSSR count). The van der Waals surface area contributed by atoms with Crippen LogP contribution in [0, 0.1) is 11.8 Å². The maximum Gasteiger partial charge on any atom is 0.229 e. The molecule has 1 aromatic rings. The number of nitrogen functional groups attached to an aromatic ring is 1. The molecule has 0 amide bonds. The summed E-state index contributed by atoms with van der Waals surface area (Å²) in [5, 5.41) is 0. The van der Waals surface area contributed by atoms with Gasteiger partial charge in [-0.25, -0.2) is 0 Å². The first-order valence-corrected chi connectivity index (χ1v) is 7.09. The van der Waals surface area contributed by atoms with Crippen LogP contribution in [-0.4, -0.2) is 53.6 Å². The lowest BCUT2D eigenvalue weighted by Gasteiger charge is -2.36. The highest BCUT2D eigenvalue weighted by atomic mass is 15.3. The summed E-state index contributed by atoms with van der Waals surface area (Å²) in [4.78, 5) is 17.0. The molecule has 7 heteroatoms. The third-order valence-corrected chi connectivity index (χ3v) is 3.95. The Morgan fingerprint density at radius 3 is 2.70 bits per heavy atom. The van der Waals surface area contributed by atoms with Gasteiger partial charge in [-0.05, 0) is 31.3 Å². The number of piperidine rings is 1. The molecule has 2 heterocycles. The van der Waals surface area contributed by atoms with E-state index >= 15 is 0 Å². The van der Waals surface area contributed by atoms with Crippen LogP contribution in [0.5, 0.6) is 0 Å². The van der Waals surface area contributed by atoms with Gasteiger partial charge in [0.05, 0.1) is 6.54 Å². The molecule has 112 valence electrons. The number of anilines is 2. The Labute approximate surface area is 120 Å². The molecule has 2 unspecified atom stereocenters. The first kappa shape index (κ1) is 14.9. The highest BCUT2D eigenvalue weighted by molar-refractivity contribution is 5.32. The van der Waals surface area contributed by atoms with Crippen LogP contribution in [0.2, 0.25) is 0 Å². The number of rotatable bonds is 4. The van der Waals surface area contributed by atoms with E-state index in [0.29, 0.717) is 24.3 Å². The van der Waals surface area contributed by atoms with Crippen molar-refractivity contribution in [2.75, 3.05) is 44.4 Å². The average molecular weight is 279 g/mol. The Hall–Kier alpha value is -1.47. The third kappa shape index (κ3) is 3.55. The van der Waals surface area contributed by atoms with Crippen molar-refractivity contribution in [3.63, 3.8) is 0 Å². The molecule has 2 atom stereocenters. The van der Waals surface area contributed by atoms with Gasteiger partial charge in [0.15, 0.2) is 0 Å². The van der Waals surface area contributed by atoms with E-state index in [0.717, 1.165) is 25.5 Å². The normalized spacial score (nSPS) is 23.8. The fourth-order valence-corrected chi connectivity index (χ4v) is 2.57. The standard InChI is InChI=1S/C13H25N7/c1-9-4-5-20(7-10(9)6-14)8-11-16-12(15)18-13(17-11)19(2)3/h9-10H,4-8,14H2,1-3H3,(H2,15,16,17,18). The Bertz CT molecular complexity index is 448. The minimum Gasteiger partial charge on any atom is -0.368 e. The average Bonchev–Trinajstić information content (AvgIpc) is 2.40. The summed E-state index contributed by atoms with van der Waals surface area (Å²) < 4.78 is 0.